The Hall–Kier alpha value is -1.09. The summed E-state index contributed by atoms with van der Waals surface area (Å²) < 4.78 is 0. The third-order valence-electron chi connectivity index (χ3n) is 4.97. The van der Waals surface area contributed by atoms with E-state index in [2.05, 4.69) is 30.0 Å². The highest BCUT2D eigenvalue weighted by Crippen LogP contribution is 2.39. The van der Waals surface area contributed by atoms with Crippen LogP contribution >= 0.6 is 12.2 Å². The molecule has 2 fully saturated rings. The van der Waals surface area contributed by atoms with Crippen LogP contribution in [0.3, 0.4) is 0 Å². The molecule has 2 N–H and O–H groups in total. The van der Waals surface area contributed by atoms with Gasteiger partial charge >= 0.3 is 0 Å². The Bertz CT molecular complexity index is 510. The largest absolute Gasteiger partial charge is 0.389 e. The summed E-state index contributed by atoms with van der Waals surface area (Å²) in [5.41, 5.74) is 9.56. The smallest absolute Gasteiger partial charge is 0.106 e. The van der Waals surface area contributed by atoms with Crippen LogP contribution in [0.25, 0.3) is 0 Å². The average molecular weight is 288 g/mol. The molecule has 2 aliphatic rings. The molecule has 1 heterocycles. The van der Waals surface area contributed by atoms with Crippen LogP contribution in [-0.2, 0) is 0 Å². The number of rotatable bonds is 2. The fraction of sp³-hybridized carbons (Fsp3) is 0.588. The Morgan fingerprint density at radius 1 is 1.20 bits per heavy atom. The van der Waals surface area contributed by atoms with Crippen LogP contribution in [0.1, 0.15) is 49.7 Å². The third kappa shape index (κ3) is 2.56. The highest BCUT2D eigenvalue weighted by atomic mass is 32.1. The molecule has 0 radical (unpaired) electrons. The first-order valence-corrected chi connectivity index (χ1v) is 8.25. The molecule has 0 spiro atoms. The second kappa shape index (κ2) is 5.72. The van der Waals surface area contributed by atoms with Crippen LogP contribution in [0.15, 0.2) is 18.2 Å². The minimum Gasteiger partial charge on any atom is -0.389 e. The van der Waals surface area contributed by atoms with Crippen molar-refractivity contribution in [2.24, 2.45) is 11.7 Å². The molecule has 0 aromatic heterocycles. The van der Waals surface area contributed by atoms with Gasteiger partial charge in [0.05, 0.1) is 0 Å². The van der Waals surface area contributed by atoms with E-state index in [1.807, 2.05) is 0 Å². The van der Waals surface area contributed by atoms with Crippen LogP contribution in [-0.4, -0.2) is 17.6 Å². The molecular weight excluding hydrogens is 264 g/mol. The fourth-order valence-electron chi connectivity index (χ4n) is 4.01. The van der Waals surface area contributed by atoms with Gasteiger partial charge in [0, 0.05) is 23.8 Å². The number of anilines is 1. The summed E-state index contributed by atoms with van der Waals surface area (Å²) in [6, 6.07) is 7.18. The second-order valence-corrected chi connectivity index (χ2v) is 6.77. The number of nitrogens with two attached hydrogens (primary N) is 1. The zero-order valence-corrected chi connectivity index (χ0v) is 13.1. The molecular formula is C17H24N2S. The molecule has 20 heavy (non-hydrogen) atoms. The number of hydrogen-bond donors (Lipinski definition) is 1. The van der Waals surface area contributed by atoms with Gasteiger partial charge in [0.25, 0.3) is 0 Å². The van der Waals surface area contributed by atoms with Crippen molar-refractivity contribution in [3.8, 4) is 0 Å². The Morgan fingerprint density at radius 3 is 2.75 bits per heavy atom. The van der Waals surface area contributed by atoms with Crippen LogP contribution in [0.5, 0.6) is 0 Å². The summed E-state index contributed by atoms with van der Waals surface area (Å²) in [5.74, 6) is 0.872. The molecule has 1 aromatic carbocycles. The van der Waals surface area contributed by atoms with E-state index in [-0.39, 0.29) is 0 Å². The van der Waals surface area contributed by atoms with Gasteiger partial charge < -0.3 is 10.6 Å². The zero-order valence-electron chi connectivity index (χ0n) is 12.3. The Balaban J connectivity index is 1.98. The van der Waals surface area contributed by atoms with Crippen molar-refractivity contribution in [2.45, 2.75) is 51.5 Å². The third-order valence-corrected chi connectivity index (χ3v) is 5.19. The summed E-state index contributed by atoms with van der Waals surface area (Å²) in [5, 5.41) is 0. The maximum Gasteiger partial charge on any atom is 0.106 e. The normalized spacial score (nSPS) is 26.1. The lowest BCUT2D eigenvalue weighted by Gasteiger charge is -2.46. The maximum absolute atomic E-state index is 5.94. The van der Waals surface area contributed by atoms with E-state index in [9.17, 15) is 0 Å². The van der Waals surface area contributed by atoms with Crippen molar-refractivity contribution in [3.63, 3.8) is 0 Å². The molecule has 1 saturated heterocycles. The fourth-order valence-corrected chi connectivity index (χ4v) is 4.18. The molecule has 3 rings (SSSR count). The summed E-state index contributed by atoms with van der Waals surface area (Å²) in [6.07, 6.45) is 8.20. The van der Waals surface area contributed by atoms with Gasteiger partial charge in [0.15, 0.2) is 0 Å². The Labute approximate surface area is 127 Å². The van der Waals surface area contributed by atoms with Crippen LogP contribution in [0, 0.1) is 12.8 Å². The standard InChI is InChI=1S/C17H24N2S/c1-12-8-9-14(17(18)20)16(11-12)19-10-4-6-13-5-2-3-7-15(13)19/h8-9,11,13,15H,2-7,10H2,1H3,(H2,18,20). The minimum absolute atomic E-state index is 0.526. The van der Waals surface area contributed by atoms with Crippen molar-refractivity contribution in [2.75, 3.05) is 11.4 Å². The second-order valence-electron chi connectivity index (χ2n) is 6.33. The van der Waals surface area contributed by atoms with Crippen molar-refractivity contribution < 1.29 is 0 Å². The highest BCUT2D eigenvalue weighted by molar-refractivity contribution is 7.80. The number of nitrogens with zero attached hydrogens (tertiary/aromatic N) is 1. The monoisotopic (exact) mass is 288 g/mol. The van der Waals surface area contributed by atoms with Crippen LogP contribution < -0.4 is 10.6 Å². The number of benzene rings is 1. The maximum atomic E-state index is 5.94. The number of fused-ring (bicyclic) bond motifs is 1. The summed E-state index contributed by atoms with van der Waals surface area (Å²) in [6.45, 7) is 3.30. The molecule has 1 aromatic rings. The minimum atomic E-state index is 0.526. The van der Waals surface area contributed by atoms with Gasteiger partial charge in [0.2, 0.25) is 0 Å². The average Bonchev–Trinajstić information content (AvgIpc) is 2.46. The van der Waals surface area contributed by atoms with E-state index < -0.39 is 0 Å². The molecule has 2 nitrogen and oxygen atoms in total. The predicted molar refractivity (Wildman–Crippen MR) is 89.4 cm³/mol. The Morgan fingerprint density at radius 2 is 1.95 bits per heavy atom. The topological polar surface area (TPSA) is 29.3 Å². The summed E-state index contributed by atoms with van der Waals surface area (Å²) in [4.78, 5) is 3.13. The number of thiocarbonyl (C=S) groups is 1. The summed E-state index contributed by atoms with van der Waals surface area (Å²) in [7, 11) is 0. The van der Waals surface area contributed by atoms with Gasteiger partial charge in [-0.3, -0.25) is 0 Å². The van der Waals surface area contributed by atoms with E-state index in [0.29, 0.717) is 11.0 Å². The van der Waals surface area contributed by atoms with E-state index >= 15 is 0 Å². The Kier molecular flexibility index (Phi) is 3.97. The molecule has 108 valence electrons. The van der Waals surface area contributed by atoms with Gasteiger partial charge in [-0.05, 0) is 56.2 Å². The SMILES string of the molecule is Cc1ccc(C(N)=S)c(N2CCCC3CCCCC32)c1. The first-order chi connectivity index (χ1) is 9.66. The van der Waals surface area contributed by atoms with Crippen molar-refractivity contribution in [3.05, 3.63) is 29.3 Å². The first-order valence-electron chi connectivity index (χ1n) is 7.84. The lowest BCUT2D eigenvalue weighted by molar-refractivity contribution is 0.244. The van der Waals surface area contributed by atoms with Crippen molar-refractivity contribution in [1.82, 2.24) is 0 Å². The van der Waals surface area contributed by atoms with Gasteiger partial charge in [-0.1, -0.05) is 31.1 Å². The lowest BCUT2D eigenvalue weighted by atomic mass is 9.78. The van der Waals surface area contributed by atoms with E-state index in [0.717, 1.165) is 18.0 Å². The molecule has 1 aliphatic carbocycles. The molecule has 0 bridgehead atoms. The first kappa shape index (κ1) is 13.9. The van der Waals surface area contributed by atoms with Crippen molar-refractivity contribution in [1.29, 1.82) is 0 Å². The molecule has 0 amide bonds. The number of aryl methyl sites for hydroxylation is 1. The van der Waals surface area contributed by atoms with Gasteiger partial charge in [0.1, 0.15) is 4.99 Å². The number of hydrogen-bond acceptors (Lipinski definition) is 2. The zero-order chi connectivity index (χ0) is 14.1. The van der Waals surface area contributed by atoms with Gasteiger partial charge in [-0.25, -0.2) is 0 Å². The molecule has 2 unspecified atom stereocenters. The van der Waals surface area contributed by atoms with Gasteiger partial charge in [-0.15, -0.1) is 0 Å². The van der Waals surface area contributed by atoms with Gasteiger partial charge in [-0.2, -0.15) is 0 Å². The van der Waals surface area contributed by atoms with E-state index in [1.54, 1.807) is 0 Å². The van der Waals surface area contributed by atoms with Crippen molar-refractivity contribution >= 4 is 22.9 Å². The van der Waals surface area contributed by atoms with E-state index in [1.165, 1.54) is 49.8 Å². The molecule has 1 aliphatic heterocycles. The highest BCUT2D eigenvalue weighted by Gasteiger charge is 2.34. The molecule has 1 saturated carbocycles. The number of piperidine rings is 1. The van der Waals surface area contributed by atoms with Crippen LogP contribution in [0.4, 0.5) is 5.69 Å². The molecule has 2 atom stereocenters. The predicted octanol–water partition coefficient (Wildman–Crippen LogP) is 3.79. The van der Waals surface area contributed by atoms with Crippen LogP contribution in [0.2, 0.25) is 0 Å². The lowest BCUT2D eigenvalue weighted by Crippen LogP contribution is -2.47. The molecule has 3 heteroatoms. The summed E-state index contributed by atoms with van der Waals surface area (Å²) >= 11 is 5.26. The quantitative estimate of drug-likeness (QED) is 0.840. The van der Waals surface area contributed by atoms with E-state index in [4.69, 9.17) is 18.0 Å².